The minimum Gasteiger partial charge on any atom is -0.507 e. The Balaban J connectivity index is 2.23. The van der Waals surface area contributed by atoms with Crippen molar-refractivity contribution in [3.63, 3.8) is 0 Å². The van der Waals surface area contributed by atoms with Crippen LogP contribution in [-0.4, -0.2) is 32.7 Å². The highest BCUT2D eigenvalue weighted by molar-refractivity contribution is 5.92. The number of hydrogen-bond donors (Lipinski definition) is 4. The molecule has 0 saturated carbocycles. The lowest BCUT2D eigenvalue weighted by Crippen LogP contribution is -2.03. The van der Waals surface area contributed by atoms with Crippen molar-refractivity contribution >= 4 is 23.5 Å². The number of nitrogens with zero attached hydrogens (tertiary/aromatic N) is 2. The van der Waals surface area contributed by atoms with Crippen LogP contribution in [0.4, 0.5) is 16.2 Å². The number of azo groups is 1. The van der Waals surface area contributed by atoms with Crippen LogP contribution in [0.5, 0.6) is 17.2 Å². The number of benzene rings is 2. The smallest absolute Gasteiger partial charge is 0.507 e. The number of phenols is 2. The SMILES string of the molecule is O=C(O)OOc1cc(N=Nc2ccc(O)c(C(=O)OO)c2)ccc1O. The molecule has 2 rings (SSSR count). The lowest BCUT2D eigenvalue weighted by Gasteiger charge is -2.04. The maximum Gasteiger partial charge on any atom is 0.547 e. The van der Waals surface area contributed by atoms with E-state index in [0.29, 0.717) is 0 Å². The van der Waals surface area contributed by atoms with Gasteiger partial charge in [0, 0.05) is 6.07 Å². The quantitative estimate of drug-likeness (QED) is 0.359. The Kier molecular flexibility index (Phi) is 5.32. The summed E-state index contributed by atoms with van der Waals surface area (Å²) in [7, 11) is 0. The van der Waals surface area contributed by atoms with Crippen molar-refractivity contribution in [1.29, 1.82) is 0 Å². The van der Waals surface area contributed by atoms with E-state index in [1.54, 1.807) is 0 Å². The highest BCUT2D eigenvalue weighted by Gasteiger charge is 2.13. The topological polar surface area (TPSA) is 167 Å². The molecule has 0 radical (unpaired) electrons. The molecule has 0 saturated heterocycles. The zero-order chi connectivity index (χ0) is 18.4. The third kappa shape index (κ3) is 4.56. The van der Waals surface area contributed by atoms with Crippen LogP contribution in [0.1, 0.15) is 10.4 Å². The minimum absolute atomic E-state index is 0.135. The number of rotatable bonds is 5. The van der Waals surface area contributed by atoms with Gasteiger partial charge in [0.1, 0.15) is 11.3 Å². The number of phenolic OH excluding ortho intramolecular Hbond substituents is 2. The minimum atomic E-state index is -1.71. The van der Waals surface area contributed by atoms with Gasteiger partial charge >= 0.3 is 12.1 Å². The van der Waals surface area contributed by atoms with E-state index in [2.05, 4.69) is 24.9 Å². The lowest BCUT2D eigenvalue weighted by molar-refractivity contribution is -0.182. The Hall–Kier alpha value is -3.86. The summed E-state index contributed by atoms with van der Waals surface area (Å²) in [5.41, 5.74) is -0.0415. The summed E-state index contributed by atoms with van der Waals surface area (Å²) in [5.74, 6) is -2.31. The van der Waals surface area contributed by atoms with Gasteiger partial charge in [0.2, 0.25) is 5.75 Å². The standard InChI is InChI=1S/C14H10N2O9/c17-10-3-1-7(5-9(10)13(19)23-22)15-16-8-2-4-11(18)12(6-8)24-25-14(20)21/h1-6,17-18,22H,(H,20,21). The molecule has 4 N–H and O–H groups in total. The molecule has 0 aromatic heterocycles. The zero-order valence-electron chi connectivity index (χ0n) is 12.2. The first-order valence-corrected chi connectivity index (χ1v) is 6.41. The van der Waals surface area contributed by atoms with E-state index in [1.807, 2.05) is 0 Å². The first-order chi connectivity index (χ1) is 11.9. The highest BCUT2D eigenvalue weighted by Crippen LogP contribution is 2.32. The Bertz CT molecular complexity index is 835. The van der Waals surface area contributed by atoms with Gasteiger partial charge in [-0.1, -0.05) is 0 Å². The van der Waals surface area contributed by atoms with E-state index in [9.17, 15) is 19.8 Å². The molecular weight excluding hydrogens is 340 g/mol. The maximum absolute atomic E-state index is 11.3. The normalized spacial score (nSPS) is 10.4. The molecular formula is C14H10N2O9. The largest absolute Gasteiger partial charge is 0.547 e. The molecule has 0 heterocycles. The fraction of sp³-hybridized carbons (Fsp3) is 0. The first-order valence-electron chi connectivity index (χ1n) is 6.41. The van der Waals surface area contributed by atoms with E-state index >= 15 is 0 Å². The van der Waals surface area contributed by atoms with Gasteiger partial charge in [-0.2, -0.15) is 15.5 Å². The molecule has 0 aliphatic carbocycles. The van der Waals surface area contributed by atoms with E-state index in [4.69, 9.17) is 10.4 Å². The third-order valence-electron chi connectivity index (χ3n) is 2.71. The summed E-state index contributed by atoms with van der Waals surface area (Å²) in [6, 6.07) is 7.24. The van der Waals surface area contributed by atoms with Crippen molar-refractivity contribution < 1.29 is 44.8 Å². The lowest BCUT2D eigenvalue weighted by atomic mass is 10.2. The molecule has 0 fully saturated rings. The molecule has 2 aromatic carbocycles. The van der Waals surface area contributed by atoms with Crippen molar-refractivity contribution in [2.75, 3.05) is 0 Å². The summed E-state index contributed by atoms with van der Waals surface area (Å²) in [5, 5.41) is 43.3. The predicted molar refractivity (Wildman–Crippen MR) is 78.2 cm³/mol. The molecule has 0 atom stereocenters. The van der Waals surface area contributed by atoms with Gasteiger partial charge in [0.15, 0.2) is 5.75 Å². The van der Waals surface area contributed by atoms with Crippen molar-refractivity contribution in [2.24, 2.45) is 10.2 Å². The van der Waals surface area contributed by atoms with E-state index < -0.39 is 23.6 Å². The van der Waals surface area contributed by atoms with Crippen LogP contribution in [0, 0.1) is 0 Å². The molecule has 0 unspecified atom stereocenters. The average molecular weight is 350 g/mol. The van der Waals surface area contributed by atoms with Crippen molar-refractivity contribution in [2.45, 2.75) is 0 Å². The molecule has 0 spiro atoms. The maximum atomic E-state index is 11.3. The van der Waals surface area contributed by atoms with Crippen LogP contribution >= 0.6 is 0 Å². The van der Waals surface area contributed by atoms with Gasteiger partial charge in [-0.25, -0.2) is 14.5 Å². The molecule has 11 heteroatoms. The predicted octanol–water partition coefficient (Wildman–Crippen LogP) is 3.13. The van der Waals surface area contributed by atoms with Crippen LogP contribution < -0.4 is 4.89 Å². The summed E-state index contributed by atoms with van der Waals surface area (Å²) in [6.07, 6.45) is -1.71. The fourth-order valence-corrected chi connectivity index (χ4v) is 1.63. The van der Waals surface area contributed by atoms with Crippen LogP contribution in [0.3, 0.4) is 0 Å². The van der Waals surface area contributed by atoms with Crippen LogP contribution in [0.15, 0.2) is 46.6 Å². The van der Waals surface area contributed by atoms with Gasteiger partial charge in [0.05, 0.1) is 11.4 Å². The number of carbonyl (C=O) groups is 2. The zero-order valence-corrected chi connectivity index (χ0v) is 12.2. The monoisotopic (exact) mass is 350 g/mol. The molecule has 25 heavy (non-hydrogen) atoms. The summed E-state index contributed by atoms with van der Waals surface area (Å²) in [4.78, 5) is 33.3. The second-order valence-electron chi connectivity index (χ2n) is 4.36. The van der Waals surface area contributed by atoms with Crippen LogP contribution in [-0.2, 0) is 9.78 Å². The number of aromatic hydroxyl groups is 2. The van der Waals surface area contributed by atoms with Gasteiger partial charge in [-0.05, 0) is 30.3 Å². The molecule has 2 aromatic rings. The molecule has 0 bridgehead atoms. The Morgan fingerprint density at radius 3 is 2.12 bits per heavy atom. The summed E-state index contributed by atoms with van der Waals surface area (Å²) in [6.45, 7) is 0. The van der Waals surface area contributed by atoms with Gasteiger partial charge < -0.3 is 15.3 Å². The second kappa shape index (κ2) is 7.61. The summed E-state index contributed by atoms with van der Waals surface area (Å²) < 4.78 is 0. The summed E-state index contributed by atoms with van der Waals surface area (Å²) >= 11 is 0. The van der Waals surface area contributed by atoms with Crippen molar-refractivity contribution in [3.05, 3.63) is 42.0 Å². The number of carboxylic acid groups (broad SMARTS) is 1. The van der Waals surface area contributed by atoms with Gasteiger partial charge in [-0.3, -0.25) is 9.78 Å². The Morgan fingerprint density at radius 1 is 0.920 bits per heavy atom. The number of carbonyl (C=O) groups excluding carboxylic acids is 1. The second-order valence-corrected chi connectivity index (χ2v) is 4.36. The molecule has 0 aliphatic heterocycles. The van der Waals surface area contributed by atoms with Gasteiger partial charge in [-0.15, -0.1) is 0 Å². The molecule has 11 nitrogen and oxygen atoms in total. The first kappa shape index (κ1) is 17.5. The highest BCUT2D eigenvalue weighted by atomic mass is 17.2. The third-order valence-corrected chi connectivity index (χ3v) is 2.71. The average Bonchev–Trinajstić information content (AvgIpc) is 2.60. The van der Waals surface area contributed by atoms with Crippen LogP contribution in [0.25, 0.3) is 0 Å². The Morgan fingerprint density at radius 2 is 1.52 bits per heavy atom. The fourth-order valence-electron chi connectivity index (χ4n) is 1.63. The van der Waals surface area contributed by atoms with E-state index in [1.165, 1.54) is 18.2 Å². The van der Waals surface area contributed by atoms with E-state index in [0.717, 1.165) is 18.2 Å². The van der Waals surface area contributed by atoms with Crippen molar-refractivity contribution in [1.82, 2.24) is 0 Å². The molecule has 0 amide bonds. The number of hydrogen-bond acceptors (Lipinski definition) is 10. The molecule has 0 aliphatic rings. The molecule has 130 valence electrons. The van der Waals surface area contributed by atoms with Gasteiger partial charge in [0.25, 0.3) is 0 Å². The van der Waals surface area contributed by atoms with E-state index in [-0.39, 0.29) is 22.7 Å². The van der Waals surface area contributed by atoms with Crippen molar-refractivity contribution in [3.8, 4) is 17.2 Å². The Labute approximate surface area is 138 Å². The van der Waals surface area contributed by atoms with Crippen LogP contribution in [0.2, 0.25) is 0 Å².